The molecule has 0 aliphatic heterocycles. The quantitative estimate of drug-likeness (QED) is 0.435. The molecule has 9 nitrogen and oxygen atoms in total. The molecule has 0 spiro atoms. The third kappa shape index (κ3) is 4.21. The number of aryl methyl sites for hydroxylation is 1. The Morgan fingerprint density at radius 3 is 2.87 bits per heavy atom. The number of nitrogens with one attached hydrogen (secondary N) is 1. The van der Waals surface area contributed by atoms with Crippen molar-refractivity contribution in [2.24, 2.45) is 0 Å². The number of hydrogen-bond acceptors (Lipinski definition) is 9. The maximum Gasteiger partial charge on any atom is 0.236 e. The molecule has 154 valence electrons. The maximum absolute atomic E-state index is 12.4. The Balaban J connectivity index is 1.47. The van der Waals surface area contributed by atoms with Crippen LogP contribution < -0.4 is 14.8 Å². The average molecular weight is 443 g/mol. The van der Waals surface area contributed by atoms with Gasteiger partial charge in [0.15, 0.2) is 5.13 Å². The summed E-state index contributed by atoms with van der Waals surface area (Å²) in [5, 5.41) is 15.6. The second-order valence-corrected chi connectivity index (χ2v) is 8.21. The maximum atomic E-state index is 12.4. The van der Waals surface area contributed by atoms with Crippen molar-refractivity contribution >= 4 is 44.4 Å². The van der Waals surface area contributed by atoms with Crippen molar-refractivity contribution in [3.8, 4) is 17.2 Å². The molecule has 4 aromatic rings. The highest BCUT2D eigenvalue weighted by molar-refractivity contribution is 7.99. The van der Waals surface area contributed by atoms with Crippen LogP contribution in [0, 0.1) is 6.92 Å². The fourth-order valence-electron chi connectivity index (χ4n) is 2.75. The summed E-state index contributed by atoms with van der Waals surface area (Å²) in [6, 6.07) is 11.3. The van der Waals surface area contributed by atoms with Gasteiger partial charge in [0.2, 0.25) is 11.1 Å². The Labute approximate surface area is 180 Å². The number of carbonyl (C=O) groups is 1. The number of benzene rings is 2. The number of aromatic nitrogens is 5. The summed E-state index contributed by atoms with van der Waals surface area (Å²) < 4.78 is 13.2. The first kappa shape index (κ1) is 20.1. The van der Waals surface area contributed by atoms with Crippen LogP contribution in [-0.2, 0) is 4.79 Å². The van der Waals surface area contributed by atoms with Crippen molar-refractivity contribution in [2.45, 2.75) is 12.1 Å². The molecule has 0 atom stereocenters. The number of anilines is 1. The minimum Gasteiger partial charge on any atom is -0.497 e. The standard InChI is InChI=1S/C19H18N6O3S2/c1-11-4-6-13-16(8-11)30-18(20-13)21-17(26)10-29-19-22-23-24-25(19)14-9-12(27-2)5-7-15(14)28-3/h4-9H,10H2,1-3H3,(H,20,21,26). The number of hydrogen-bond donors (Lipinski definition) is 1. The zero-order chi connectivity index (χ0) is 21.1. The van der Waals surface area contributed by atoms with E-state index in [0.29, 0.717) is 27.5 Å². The highest BCUT2D eigenvalue weighted by atomic mass is 32.2. The molecule has 0 aliphatic rings. The molecule has 0 bridgehead atoms. The number of thiazole rings is 1. The van der Waals surface area contributed by atoms with Crippen LogP contribution in [0.5, 0.6) is 11.5 Å². The molecule has 4 rings (SSSR count). The van der Waals surface area contributed by atoms with E-state index in [9.17, 15) is 4.79 Å². The van der Waals surface area contributed by atoms with Crippen molar-refractivity contribution in [1.82, 2.24) is 25.2 Å². The molecule has 1 N–H and O–H groups in total. The number of carbonyl (C=O) groups excluding carboxylic acids is 1. The third-order valence-electron chi connectivity index (χ3n) is 4.18. The van der Waals surface area contributed by atoms with E-state index in [-0.39, 0.29) is 11.7 Å². The monoisotopic (exact) mass is 442 g/mol. The van der Waals surface area contributed by atoms with Crippen molar-refractivity contribution < 1.29 is 14.3 Å². The van der Waals surface area contributed by atoms with E-state index in [1.54, 1.807) is 32.4 Å². The highest BCUT2D eigenvalue weighted by Gasteiger charge is 2.16. The van der Waals surface area contributed by atoms with Gasteiger partial charge in [-0.3, -0.25) is 4.79 Å². The number of tetrazole rings is 1. The van der Waals surface area contributed by atoms with Gasteiger partial charge in [-0.2, -0.15) is 4.68 Å². The summed E-state index contributed by atoms with van der Waals surface area (Å²) in [7, 11) is 3.14. The fourth-order valence-corrected chi connectivity index (χ4v) is 4.42. The molecule has 0 radical (unpaired) electrons. The summed E-state index contributed by atoms with van der Waals surface area (Å²) in [5.41, 5.74) is 2.63. The number of methoxy groups -OCH3 is 2. The molecule has 0 saturated carbocycles. The predicted molar refractivity (Wildman–Crippen MR) is 116 cm³/mol. The van der Waals surface area contributed by atoms with Crippen molar-refractivity contribution in [3.63, 3.8) is 0 Å². The second kappa shape index (κ2) is 8.67. The van der Waals surface area contributed by atoms with E-state index in [4.69, 9.17) is 9.47 Å². The van der Waals surface area contributed by atoms with Crippen LogP contribution >= 0.6 is 23.1 Å². The SMILES string of the molecule is COc1ccc(OC)c(-n2nnnc2SCC(=O)Nc2nc3ccc(C)cc3s2)c1. The molecular weight excluding hydrogens is 424 g/mol. The summed E-state index contributed by atoms with van der Waals surface area (Å²) in [4.78, 5) is 16.9. The molecule has 0 saturated heterocycles. The lowest BCUT2D eigenvalue weighted by atomic mass is 10.2. The lowest BCUT2D eigenvalue weighted by Gasteiger charge is -2.11. The number of rotatable bonds is 7. The van der Waals surface area contributed by atoms with Gasteiger partial charge in [-0.15, -0.1) is 5.10 Å². The van der Waals surface area contributed by atoms with Gasteiger partial charge in [-0.25, -0.2) is 4.98 Å². The lowest BCUT2D eigenvalue weighted by Crippen LogP contribution is -2.14. The van der Waals surface area contributed by atoms with Gasteiger partial charge in [0, 0.05) is 6.07 Å². The normalized spacial score (nSPS) is 10.9. The molecule has 0 unspecified atom stereocenters. The van der Waals surface area contributed by atoms with E-state index in [2.05, 4.69) is 25.8 Å². The van der Waals surface area contributed by atoms with Crippen LogP contribution in [0.4, 0.5) is 5.13 Å². The summed E-state index contributed by atoms with van der Waals surface area (Å²) in [6.07, 6.45) is 0. The van der Waals surface area contributed by atoms with Gasteiger partial charge in [-0.05, 0) is 47.2 Å². The molecule has 11 heteroatoms. The zero-order valence-corrected chi connectivity index (χ0v) is 18.1. The first-order valence-electron chi connectivity index (χ1n) is 8.88. The molecule has 2 aromatic carbocycles. The number of thioether (sulfide) groups is 1. The number of amides is 1. The summed E-state index contributed by atoms with van der Waals surface area (Å²) >= 11 is 2.66. The molecule has 1 amide bonds. The first-order valence-corrected chi connectivity index (χ1v) is 10.7. The number of ether oxygens (including phenoxy) is 2. The fraction of sp³-hybridized carbons (Fsp3) is 0.211. The lowest BCUT2D eigenvalue weighted by molar-refractivity contribution is -0.113. The van der Waals surface area contributed by atoms with Crippen LogP contribution in [0.2, 0.25) is 0 Å². The summed E-state index contributed by atoms with van der Waals surface area (Å²) in [6.45, 7) is 2.02. The summed E-state index contributed by atoms with van der Waals surface area (Å²) in [5.74, 6) is 1.16. The Morgan fingerprint density at radius 2 is 2.07 bits per heavy atom. The van der Waals surface area contributed by atoms with Gasteiger partial charge < -0.3 is 14.8 Å². The van der Waals surface area contributed by atoms with Crippen LogP contribution in [0.3, 0.4) is 0 Å². The third-order valence-corrected chi connectivity index (χ3v) is 6.03. The van der Waals surface area contributed by atoms with Gasteiger partial charge in [-0.1, -0.05) is 29.2 Å². The first-order chi connectivity index (χ1) is 14.6. The average Bonchev–Trinajstić information content (AvgIpc) is 3.37. The largest absolute Gasteiger partial charge is 0.497 e. The zero-order valence-electron chi connectivity index (χ0n) is 16.4. The minimum atomic E-state index is -0.192. The molecule has 0 fully saturated rings. The van der Waals surface area contributed by atoms with E-state index in [1.807, 2.05) is 25.1 Å². The van der Waals surface area contributed by atoms with E-state index in [0.717, 1.165) is 15.8 Å². The topological polar surface area (TPSA) is 104 Å². The van der Waals surface area contributed by atoms with Crippen molar-refractivity contribution in [3.05, 3.63) is 42.0 Å². The van der Waals surface area contributed by atoms with Gasteiger partial charge in [0.05, 0.1) is 30.2 Å². The van der Waals surface area contributed by atoms with Crippen LogP contribution in [-0.4, -0.2) is 51.1 Å². The predicted octanol–water partition coefficient (Wildman–Crippen LogP) is 3.33. The van der Waals surface area contributed by atoms with Crippen LogP contribution in [0.25, 0.3) is 15.9 Å². The molecular formula is C19H18N6O3S2. The van der Waals surface area contributed by atoms with Gasteiger partial charge in [0.25, 0.3) is 0 Å². The second-order valence-electron chi connectivity index (χ2n) is 6.24. The number of nitrogens with zero attached hydrogens (tertiary/aromatic N) is 5. The number of fused-ring (bicyclic) bond motifs is 1. The highest BCUT2D eigenvalue weighted by Crippen LogP contribution is 2.30. The smallest absolute Gasteiger partial charge is 0.236 e. The Kier molecular flexibility index (Phi) is 5.81. The molecule has 2 aromatic heterocycles. The van der Waals surface area contributed by atoms with Gasteiger partial charge >= 0.3 is 0 Å². The van der Waals surface area contributed by atoms with E-state index in [1.165, 1.54) is 27.8 Å². The van der Waals surface area contributed by atoms with E-state index < -0.39 is 0 Å². The Morgan fingerprint density at radius 1 is 1.20 bits per heavy atom. The van der Waals surface area contributed by atoms with Crippen LogP contribution in [0.1, 0.15) is 5.56 Å². The van der Waals surface area contributed by atoms with E-state index >= 15 is 0 Å². The van der Waals surface area contributed by atoms with Crippen molar-refractivity contribution in [2.75, 3.05) is 25.3 Å². The molecule has 2 heterocycles. The van der Waals surface area contributed by atoms with Crippen LogP contribution in [0.15, 0.2) is 41.6 Å². The molecule has 30 heavy (non-hydrogen) atoms. The van der Waals surface area contributed by atoms with Crippen molar-refractivity contribution in [1.29, 1.82) is 0 Å². The Bertz CT molecular complexity index is 1210. The van der Waals surface area contributed by atoms with Gasteiger partial charge in [0.1, 0.15) is 17.2 Å². The minimum absolute atomic E-state index is 0.127. The Hall–Kier alpha value is -3.18. The molecule has 0 aliphatic carbocycles.